The molecule has 1 saturated heterocycles. The molecule has 2 aliphatic heterocycles. The molecule has 9 atom stereocenters. The number of aliphatic hydroxyl groups is 5. The van der Waals surface area contributed by atoms with Crippen molar-refractivity contribution in [3.8, 4) is 0 Å². The zero-order chi connectivity index (χ0) is 19.9. The fourth-order valence-corrected chi connectivity index (χ4v) is 4.12. The van der Waals surface area contributed by atoms with Crippen LogP contribution in [0.25, 0.3) is 0 Å². The molecule has 5 N–H and O–H groups in total. The molecule has 154 valence electrons. The van der Waals surface area contributed by atoms with Crippen LogP contribution in [0.5, 0.6) is 0 Å². The number of fused-ring (bicyclic) bond motifs is 1. The summed E-state index contributed by atoms with van der Waals surface area (Å²) in [5, 5.41) is 49.9. The van der Waals surface area contributed by atoms with Crippen molar-refractivity contribution in [2.24, 2.45) is 11.8 Å². The van der Waals surface area contributed by atoms with Crippen LogP contribution < -0.4 is 0 Å². The van der Waals surface area contributed by atoms with Gasteiger partial charge in [0.2, 0.25) is 6.29 Å². The van der Waals surface area contributed by atoms with Gasteiger partial charge in [0.1, 0.15) is 24.4 Å². The lowest BCUT2D eigenvalue weighted by Gasteiger charge is -2.44. The highest BCUT2D eigenvalue weighted by Crippen LogP contribution is 2.49. The van der Waals surface area contributed by atoms with Crippen molar-refractivity contribution < 1.29 is 49.3 Å². The average Bonchev–Trinajstić information content (AvgIpc) is 2.97. The number of carbonyl (C=O) groups excluding carboxylic acids is 1. The Kier molecular flexibility index (Phi) is 5.78. The summed E-state index contributed by atoms with van der Waals surface area (Å²) in [6.07, 6.45) is -6.19. The summed E-state index contributed by atoms with van der Waals surface area (Å²) in [6, 6.07) is 0. The van der Waals surface area contributed by atoms with Crippen molar-refractivity contribution in [3.63, 3.8) is 0 Å². The molecule has 0 bridgehead atoms. The van der Waals surface area contributed by atoms with E-state index in [9.17, 15) is 30.3 Å². The normalized spacial score (nSPS) is 47.0. The van der Waals surface area contributed by atoms with Crippen LogP contribution in [0.15, 0.2) is 11.8 Å². The molecule has 3 rings (SSSR count). The maximum Gasteiger partial charge on any atom is 0.337 e. The van der Waals surface area contributed by atoms with Gasteiger partial charge in [0.25, 0.3) is 0 Å². The second kappa shape index (κ2) is 7.63. The van der Waals surface area contributed by atoms with Crippen LogP contribution in [0.4, 0.5) is 0 Å². The Balaban J connectivity index is 1.82. The van der Waals surface area contributed by atoms with E-state index in [0.29, 0.717) is 12.8 Å². The molecule has 0 spiro atoms. The Morgan fingerprint density at radius 2 is 1.96 bits per heavy atom. The van der Waals surface area contributed by atoms with E-state index in [0.717, 1.165) is 0 Å². The quantitative estimate of drug-likeness (QED) is 0.340. The topological polar surface area (TPSA) is 155 Å². The molecule has 3 aliphatic rings. The molecule has 27 heavy (non-hydrogen) atoms. The first kappa shape index (κ1) is 20.5. The molecule has 1 saturated carbocycles. The number of aliphatic hydroxyl groups excluding tert-OH is 4. The summed E-state index contributed by atoms with van der Waals surface area (Å²) in [7, 11) is 1.25. The summed E-state index contributed by atoms with van der Waals surface area (Å²) in [5.41, 5.74) is -0.925. The standard InChI is InChI=1S/C17H26O10/c1-17(23)4-3-7-8(14(22)24-2)6-25-15(10(7)17)27-16-13(21)12(20)11(19)9(5-18)26-16/h6-7,9-13,15-16,18-21,23H,3-5H2,1-2H3/t7-,9-,10-,11-,12+,13-,15+,16+,17-/m1/s1. The van der Waals surface area contributed by atoms with Crippen LogP contribution >= 0.6 is 0 Å². The predicted octanol–water partition coefficient (Wildman–Crippen LogP) is -2.01. The smallest absolute Gasteiger partial charge is 0.337 e. The molecular weight excluding hydrogens is 364 g/mol. The monoisotopic (exact) mass is 390 g/mol. The number of carbonyl (C=O) groups is 1. The lowest BCUT2D eigenvalue weighted by Crippen LogP contribution is -2.60. The van der Waals surface area contributed by atoms with Crippen molar-refractivity contribution in [1.82, 2.24) is 0 Å². The first-order valence-electron chi connectivity index (χ1n) is 8.83. The highest BCUT2D eigenvalue weighted by atomic mass is 16.8. The Bertz CT molecular complexity index is 588. The number of rotatable bonds is 4. The molecule has 0 unspecified atom stereocenters. The summed E-state index contributed by atoms with van der Waals surface area (Å²) in [4.78, 5) is 12.0. The minimum absolute atomic E-state index is 0.286. The summed E-state index contributed by atoms with van der Waals surface area (Å²) >= 11 is 0. The molecular formula is C17H26O10. The predicted molar refractivity (Wildman–Crippen MR) is 86.7 cm³/mol. The van der Waals surface area contributed by atoms with Crippen molar-refractivity contribution in [2.45, 2.75) is 62.4 Å². The third-order valence-corrected chi connectivity index (χ3v) is 5.67. The first-order chi connectivity index (χ1) is 12.7. The van der Waals surface area contributed by atoms with E-state index in [-0.39, 0.29) is 11.5 Å². The highest BCUT2D eigenvalue weighted by molar-refractivity contribution is 5.89. The minimum atomic E-state index is -1.60. The summed E-state index contributed by atoms with van der Waals surface area (Å²) < 4.78 is 21.3. The number of esters is 1. The van der Waals surface area contributed by atoms with Crippen LogP contribution in [0, 0.1) is 11.8 Å². The summed E-state index contributed by atoms with van der Waals surface area (Å²) in [6.45, 7) is 1.01. The van der Waals surface area contributed by atoms with Gasteiger partial charge in [-0.25, -0.2) is 4.79 Å². The van der Waals surface area contributed by atoms with E-state index < -0.39 is 61.1 Å². The van der Waals surface area contributed by atoms with Crippen LogP contribution in [0.2, 0.25) is 0 Å². The van der Waals surface area contributed by atoms with E-state index in [1.807, 2.05) is 0 Å². The van der Waals surface area contributed by atoms with Gasteiger partial charge in [-0.15, -0.1) is 0 Å². The van der Waals surface area contributed by atoms with E-state index in [1.54, 1.807) is 6.92 Å². The molecule has 0 aromatic carbocycles. The van der Waals surface area contributed by atoms with E-state index in [2.05, 4.69) is 0 Å². The van der Waals surface area contributed by atoms with Gasteiger partial charge >= 0.3 is 5.97 Å². The molecule has 2 heterocycles. The molecule has 2 fully saturated rings. The third-order valence-electron chi connectivity index (χ3n) is 5.67. The zero-order valence-electron chi connectivity index (χ0n) is 15.1. The Hall–Kier alpha value is -1.27. The van der Waals surface area contributed by atoms with Crippen molar-refractivity contribution in [1.29, 1.82) is 0 Å². The third kappa shape index (κ3) is 3.58. The lowest BCUT2D eigenvalue weighted by atomic mass is 9.81. The van der Waals surface area contributed by atoms with E-state index >= 15 is 0 Å². The zero-order valence-corrected chi connectivity index (χ0v) is 15.1. The maximum atomic E-state index is 12.0. The number of hydrogen-bond donors (Lipinski definition) is 5. The molecule has 10 heteroatoms. The van der Waals surface area contributed by atoms with Crippen molar-refractivity contribution in [3.05, 3.63) is 11.8 Å². The summed E-state index contributed by atoms with van der Waals surface area (Å²) in [5.74, 6) is -1.59. The van der Waals surface area contributed by atoms with Gasteiger partial charge in [-0.1, -0.05) is 0 Å². The average molecular weight is 390 g/mol. The van der Waals surface area contributed by atoms with Gasteiger partial charge in [-0.05, 0) is 19.8 Å². The van der Waals surface area contributed by atoms with E-state index in [4.69, 9.17) is 18.9 Å². The van der Waals surface area contributed by atoms with Gasteiger partial charge in [-0.2, -0.15) is 0 Å². The second-order valence-electron chi connectivity index (χ2n) is 7.43. The van der Waals surface area contributed by atoms with Crippen LogP contribution in [0.1, 0.15) is 19.8 Å². The highest BCUT2D eigenvalue weighted by Gasteiger charge is 2.56. The fourth-order valence-electron chi connectivity index (χ4n) is 4.12. The van der Waals surface area contributed by atoms with Gasteiger partial charge in [-0.3, -0.25) is 0 Å². The van der Waals surface area contributed by atoms with Crippen molar-refractivity contribution in [2.75, 3.05) is 13.7 Å². The van der Waals surface area contributed by atoms with Gasteiger partial charge < -0.3 is 44.5 Å². The first-order valence-corrected chi connectivity index (χ1v) is 8.83. The van der Waals surface area contributed by atoms with Crippen LogP contribution in [-0.2, 0) is 23.7 Å². The molecule has 10 nitrogen and oxygen atoms in total. The minimum Gasteiger partial charge on any atom is -0.471 e. The molecule has 0 aromatic heterocycles. The fraction of sp³-hybridized carbons (Fsp3) is 0.824. The maximum absolute atomic E-state index is 12.0. The number of hydrogen-bond acceptors (Lipinski definition) is 10. The second-order valence-corrected chi connectivity index (χ2v) is 7.43. The van der Waals surface area contributed by atoms with Gasteiger partial charge in [0, 0.05) is 5.92 Å². The van der Waals surface area contributed by atoms with Crippen molar-refractivity contribution >= 4 is 5.97 Å². The Morgan fingerprint density at radius 3 is 2.59 bits per heavy atom. The van der Waals surface area contributed by atoms with Crippen LogP contribution in [0.3, 0.4) is 0 Å². The number of methoxy groups -OCH3 is 1. The largest absolute Gasteiger partial charge is 0.471 e. The molecule has 0 amide bonds. The van der Waals surface area contributed by atoms with E-state index in [1.165, 1.54) is 13.4 Å². The molecule has 1 aliphatic carbocycles. The Labute approximate surface area is 155 Å². The Morgan fingerprint density at radius 1 is 1.26 bits per heavy atom. The van der Waals surface area contributed by atoms with Crippen LogP contribution in [-0.4, -0.2) is 87.8 Å². The lowest BCUT2D eigenvalue weighted by molar-refractivity contribution is -0.346. The van der Waals surface area contributed by atoms with Gasteiger partial charge in [0.05, 0.1) is 37.1 Å². The molecule has 0 aromatic rings. The van der Waals surface area contributed by atoms with Gasteiger partial charge in [0.15, 0.2) is 6.29 Å². The SMILES string of the molecule is COC(=O)C1=CO[C@@H](O[C@@H]2O[C@H](CO)[C@@H](O)[C@H](O)[C@H]2O)[C@H]2[C@@H]1CC[C@@]2(C)O. The number of ether oxygens (including phenoxy) is 4. The molecule has 0 radical (unpaired) electrons.